The van der Waals surface area contributed by atoms with Crippen LogP contribution in [0.3, 0.4) is 0 Å². The maximum absolute atomic E-state index is 12.7. The number of amides is 1. The van der Waals surface area contributed by atoms with E-state index in [2.05, 4.69) is 5.10 Å². The minimum absolute atomic E-state index is 0.0309. The molecular weight excluding hydrogens is 306 g/mol. The Kier molecular flexibility index (Phi) is 5.15. The van der Waals surface area contributed by atoms with Crippen molar-refractivity contribution in [3.63, 3.8) is 0 Å². The zero-order valence-electron chi connectivity index (χ0n) is 14.1. The van der Waals surface area contributed by atoms with Gasteiger partial charge in [0.15, 0.2) is 5.69 Å². The highest BCUT2D eigenvalue weighted by molar-refractivity contribution is 5.92. The van der Waals surface area contributed by atoms with Crippen molar-refractivity contribution in [1.82, 2.24) is 14.7 Å². The van der Waals surface area contributed by atoms with Gasteiger partial charge in [-0.15, -0.1) is 0 Å². The quantitative estimate of drug-likeness (QED) is 0.816. The number of methoxy groups -OCH3 is 1. The summed E-state index contributed by atoms with van der Waals surface area (Å²) in [6, 6.07) is 9.33. The van der Waals surface area contributed by atoms with E-state index in [1.54, 1.807) is 17.9 Å². The lowest BCUT2D eigenvalue weighted by Crippen LogP contribution is -2.35. The molecule has 0 saturated carbocycles. The first kappa shape index (κ1) is 16.5. The summed E-state index contributed by atoms with van der Waals surface area (Å²) >= 11 is 0. The Labute approximate surface area is 142 Å². The first-order chi connectivity index (χ1) is 11.7. The number of hydrogen-bond donors (Lipinski definition) is 0. The van der Waals surface area contributed by atoms with Crippen LogP contribution in [0.5, 0.6) is 5.75 Å². The molecule has 0 radical (unpaired) electrons. The molecule has 1 aliphatic heterocycles. The van der Waals surface area contributed by atoms with Gasteiger partial charge in [-0.25, -0.2) is 4.68 Å². The molecule has 6 nitrogen and oxygen atoms in total. The fourth-order valence-electron chi connectivity index (χ4n) is 2.87. The van der Waals surface area contributed by atoms with Crippen LogP contribution in [0, 0.1) is 5.92 Å². The van der Waals surface area contributed by atoms with Crippen LogP contribution < -0.4 is 4.74 Å². The Morgan fingerprint density at radius 1 is 1.38 bits per heavy atom. The molecule has 0 N–H and O–H groups in total. The summed E-state index contributed by atoms with van der Waals surface area (Å²) in [5.41, 5.74) is 1.36. The van der Waals surface area contributed by atoms with E-state index < -0.39 is 0 Å². The van der Waals surface area contributed by atoms with Gasteiger partial charge < -0.3 is 14.4 Å². The Hall–Kier alpha value is -2.34. The molecule has 1 aromatic heterocycles. The third kappa shape index (κ3) is 3.59. The molecule has 1 amide bonds. The predicted octanol–water partition coefficient (Wildman–Crippen LogP) is 2.38. The number of aromatic nitrogens is 2. The molecule has 2 aromatic rings. The fraction of sp³-hybridized carbons (Fsp3) is 0.444. The van der Waals surface area contributed by atoms with Crippen molar-refractivity contribution in [3.05, 3.63) is 42.2 Å². The van der Waals surface area contributed by atoms with E-state index in [0.29, 0.717) is 18.2 Å². The molecule has 0 aliphatic carbocycles. The largest absolute Gasteiger partial charge is 0.497 e. The molecule has 128 valence electrons. The average molecular weight is 329 g/mol. The summed E-state index contributed by atoms with van der Waals surface area (Å²) in [7, 11) is 1.63. The van der Waals surface area contributed by atoms with Gasteiger partial charge in [-0.3, -0.25) is 4.79 Å². The minimum Gasteiger partial charge on any atom is -0.497 e. The highest BCUT2D eigenvalue weighted by Crippen LogP contribution is 2.17. The van der Waals surface area contributed by atoms with Gasteiger partial charge in [0.2, 0.25) is 0 Å². The minimum atomic E-state index is -0.0309. The number of carbonyl (C=O) groups is 1. The first-order valence-electron chi connectivity index (χ1n) is 8.28. The zero-order valence-corrected chi connectivity index (χ0v) is 14.1. The summed E-state index contributed by atoms with van der Waals surface area (Å²) in [5, 5.41) is 4.43. The summed E-state index contributed by atoms with van der Waals surface area (Å²) in [5.74, 6) is 1.19. The maximum Gasteiger partial charge on any atom is 0.274 e. The number of carbonyl (C=O) groups excluding carboxylic acids is 1. The van der Waals surface area contributed by atoms with Gasteiger partial charge in [0.05, 0.1) is 19.4 Å². The maximum atomic E-state index is 12.7. The van der Waals surface area contributed by atoms with Crippen molar-refractivity contribution in [1.29, 1.82) is 0 Å². The molecule has 3 rings (SSSR count). The van der Waals surface area contributed by atoms with E-state index in [-0.39, 0.29) is 5.91 Å². The first-order valence-corrected chi connectivity index (χ1v) is 8.28. The normalized spacial score (nSPS) is 17.0. The fourth-order valence-corrected chi connectivity index (χ4v) is 2.87. The lowest BCUT2D eigenvalue weighted by molar-refractivity contribution is 0.0724. The lowest BCUT2D eigenvalue weighted by Gasteiger charge is -2.22. The number of nitrogens with zero attached hydrogens (tertiary/aromatic N) is 3. The molecule has 0 bridgehead atoms. The lowest BCUT2D eigenvalue weighted by atomic mass is 10.1. The van der Waals surface area contributed by atoms with Gasteiger partial charge in [0, 0.05) is 31.8 Å². The third-order valence-corrected chi connectivity index (χ3v) is 4.32. The van der Waals surface area contributed by atoms with Crippen LogP contribution in [0.4, 0.5) is 0 Å². The summed E-state index contributed by atoms with van der Waals surface area (Å²) in [4.78, 5) is 14.5. The number of ether oxygens (including phenoxy) is 2. The summed E-state index contributed by atoms with van der Waals surface area (Å²) in [6.07, 6.45) is 2.83. The van der Waals surface area contributed by atoms with E-state index in [1.165, 1.54) is 0 Å². The third-order valence-electron chi connectivity index (χ3n) is 4.32. The van der Waals surface area contributed by atoms with Crippen LogP contribution in [0.15, 0.2) is 36.5 Å². The molecule has 2 heterocycles. The standard InChI is InChI=1S/C18H23N3O3/c1-3-20(12-14-9-11-24-13-14)18(22)17-8-10-21(19-17)15-4-6-16(23-2)7-5-15/h4-8,10,14H,3,9,11-13H2,1-2H3/t14-/m1/s1. The van der Waals surface area contributed by atoms with E-state index in [1.807, 2.05) is 42.3 Å². The van der Waals surface area contributed by atoms with Crippen LogP contribution in [0.1, 0.15) is 23.8 Å². The second-order valence-electron chi connectivity index (χ2n) is 5.92. The zero-order chi connectivity index (χ0) is 16.9. The highest BCUT2D eigenvalue weighted by Gasteiger charge is 2.23. The van der Waals surface area contributed by atoms with Crippen molar-refractivity contribution >= 4 is 5.91 Å². The van der Waals surface area contributed by atoms with Gasteiger partial charge in [-0.2, -0.15) is 5.10 Å². The molecule has 24 heavy (non-hydrogen) atoms. The van der Waals surface area contributed by atoms with E-state index >= 15 is 0 Å². The molecular formula is C18H23N3O3. The Balaban J connectivity index is 1.71. The molecule has 1 aromatic carbocycles. The van der Waals surface area contributed by atoms with Gasteiger partial charge in [-0.1, -0.05) is 0 Å². The van der Waals surface area contributed by atoms with E-state index in [4.69, 9.17) is 9.47 Å². The number of rotatable bonds is 6. The highest BCUT2D eigenvalue weighted by atomic mass is 16.5. The van der Waals surface area contributed by atoms with E-state index in [0.717, 1.165) is 37.6 Å². The van der Waals surface area contributed by atoms with Crippen molar-refractivity contribution in [3.8, 4) is 11.4 Å². The molecule has 6 heteroatoms. The van der Waals surface area contributed by atoms with Gasteiger partial charge >= 0.3 is 0 Å². The number of benzene rings is 1. The van der Waals surface area contributed by atoms with Crippen LogP contribution in [-0.4, -0.2) is 54.0 Å². The Bertz CT molecular complexity index is 675. The van der Waals surface area contributed by atoms with Gasteiger partial charge in [-0.05, 0) is 43.7 Å². The predicted molar refractivity (Wildman–Crippen MR) is 90.6 cm³/mol. The Morgan fingerprint density at radius 2 is 2.17 bits per heavy atom. The number of hydrogen-bond acceptors (Lipinski definition) is 4. The summed E-state index contributed by atoms with van der Waals surface area (Å²) < 4.78 is 12.3. The van der Waals surface area contributed by atoms with E-state index in [9.17, 15) is 4.79 Å². The average Bonchev–Trinajstić information content (AvgIpc) is 3.31. The second kappa shape index (κ2) is 7.49. The molecule has 1 aliphatic rings. The molecule has 0 spiro atoms. The van der Waals surface area contributed by atoms with Gasteiger partial charge in [0.1, 0.15) is 5.75 Å². The van der Waals surface area contributed by atoms with Gasteiger partial charge in [0.25, 0.3) is 5.91 Å². The van der Waals surface area contributed by atoms with Crippen LogP contribution >= 0.6 is 0 Å². The molecule has 1 fully saturated rings. The molecule has 0 unspecified atom stereocenters. The second-order valence-corrected chi connectivity index (χ2v) is 5.92. The van der Waals surface area contributed by atoms with Crippen molar-refractivity contribution < 1.29 is 14.3 Å². The summed E-state index contributed by atoms with van der Waals surface area (Å²) in [6.45, 7) is 4.93. The SMILES string of the molecule is CCN(C[C@H]1CCOC1)C(=O)c1ccn(-c2ccc(OC)cc2)n1. The van der Waals surface area contributed by atoms with Crippen LogP contribution in [0.2, 0.25) is 0 Å². The van der Waals surface area contributed by atoms with Crippen LogP contribution in [-0.2, 0) is 4.74 Å². The van der Waals surface area contributed by atoms with Crippen molar-refractivity contribution in [2.24, 2.45) is 5.92 Å². The van der Waals surface area contributed by atoms with Crippen molar-refractivity contribution in [2.45, 2.75) is 13.3 Å². The molecule has 1 atom stereocenters. The monoisotopic (exact) mass is 329 g/mol. The topological polar surface area (TPSA) is 56.6 Å². The van der Waals surface area contributed by atoms with Crippen molar-refractivity contribution in [2.75, 3.05) is 33.4 Å². The Morgan fingerprint density at radius 3 is 2.79 bits per heavy atom. The smallest absolute Gasteiger partial charge is 0.274 e. The van der Waals surface area contributed by atoms with Crippen LogP contribution in [0.25, 0.3) is 5.69 Å². The molecule has 1 saturated heterocycles.